The van der Waals surface area contributed by atoms with Crippen molar-refractivity contribution in [2.45, 2.75) is 12.5 Å². The van der Waals surface area contributed by atoms with Gasteiger partial charge in [-0.3, -0.25) is 4.79 Å². The fraction of sp³-hybridized carbons (Fsp3) is 0.136. The van der Waals surface area contributed by atoms with Gasteiger partial charge in [0.1, 0.15) is 0 Å². The fourth-order valence-corrected chi connectivity index (χ4v) is 2.91. The zero-order valence-corrected chi connectivity index (χ0v) is 13.4. The molecule has 0 saturated heterocycles. The lowest BCUT2D eigenvalue weighted by atomic mass is 9.84. The van der Waals surface area contributed by atoms with E-state index in [2.05, 4.69) is 0 Å². The predicted molar refractivity (Wildman–Crippen MR) is 95.8 cm³/mol. The molecule has 0 radical (unpaired) electrons. The Bertz CT molecular complexity index is 767. The quantitative estimate of drug-likeness (QED) is 0.682. The second-order valence-corrected chi connectivity index (χ2v) is 5.88. The molecular weight excluding hydrogens is 296 g/mol. The van der Waals surface area contributed by atoms with Gasteiger partial charge < -0.3 is 5.11 Å². The van der Waals surface area contributed by atoms with Crippen LogP contribution in [0.1, 0.15) is 27.6 Å². The van der Waals surface area contributed by atoms with Gasteiger partial charge in [-0.1, -0.05) is 91.0 Å². The molecule has 0 aliphatic rings. The third-order valence-corrected chi connectivity index (χ3v) is 4.22. The van der Waals surface area contributed by atoms with Crippen LogP contribution in [-0.2, 0) is 6.42 Å². The van der Waals surface area contributed by atoms with E-state index in [-0.39, 0.29) is 5.78 Å². The average molecular weight is 316 g/mol. The number of Topliss-reactive ketones (excluding diaryl/α,β-unsaturated/α-hetero) is 1. The minimum atomic E-state index is -0.834. The number of aliphatic hydroxyl groups excluding tert-OH is 1. The van der Waals surface area contributed by atoms with Crippen LogP contribution in [0.3, 0.4) is 0 Å². The average Bonchev–Trinajstić information content (AvgIpc) is 2.67. The first-order valence-electron chi connectivity index (χ1n) is 8.12. The molecule has 3 aromatic rings. The second-order valence-electron chi connectivity index (χ2n) is 5.88. The standard InChI is InChI=1S/C22H20O2/c23-21(18-12-6-2-7-13-18)20(16-17-10-4-1-5-11-17)22(24)19-14-8-3-9-15-19/h1-15,20-21,23H,16H2/t20-,21-/m0/s1. The highest BCUT2D eigenvalue weighted by Crippen LogP contribution is 2.28. The zero-order valence-electron chi connectivity index (χ0n) is 13.4. The largest absolute Gasteiger partial charge is 0.388 e. The number of carbonyl (C=O) groups excluding carboxylic acids is 1. The first kappa shape index (κ1) is 16.2. The molecule has 3 rings (SSSR count). The highest BCUT2D eigenvalue weighted by Gasteiger charge is 2.29. The molecule has 0 bridgehead atoms. The summed E-state index contributed by atoms with van der Waals surface area (Å²) in [5.74, 6) is -0.548. The van der Waals surface area contributed by atoms with Crippen molar-refractivity contribution >= 4 is 5.78 Å². The molecule has 2 nitrogen and oxygen atoms in total. The highest BCUT2D eigenvalue weighted by atomic mass is 16.3. The van der Waals surface area contributed by atoms with E-state index in [0.717, 1.165) is 11.1 Å². The maximum atomic E-state index is 13.0. The minimum absolute atomic E-state index is 0.0317. The van der Waals surface area contributed by atoms with Crippen molar-refractivity contribution in [1.82, 2.24) is 0 Å². The molecule has 0 aliphatic heterocycles. The van der Waals surface area contributed by atoms with E-state index in [0.29, 0.717) is 12.0 Å². The van der Waals surface area contributed by atoms with E-state index >= 15 is 0 Å². The van der Waals surface area contributed by atoms with Crippen LogP contribution in [-0.4, -0.2) is 10.9 Å². The van der Waals surface area contributed by atoms with Crippen molar-refractivity contribution in [3.05, 3.63) is 108 Å². The molecule has 1 N–H and O–H groups in total. The lowest BCUT2D eigenvalue weighted by Crippen LogP contribution is -2.25. The van der Waals surface area contributed by atoms with Gasteiger partial charge in [0.05, 0.1) is 12.0 Å². The molecule has 24 heavy (non-hydrogen) atoms. The van der Waals surface area contributed by atoms with Crippen LogP contribution < -0.4 is 0 Å². The van der Waals surface area contributed by atoms with Crippen molar-refractivity contribution in [3.63, 3.8) is 0 Å². The summed E-state index contributed by atoms with van der Waals surface area (Å²) in [5, 5.41) is 10.9. The van der Waals surface area contributed by atoms with Crippen molar-refractivity contribution in [1.29, 1.82) is 0 Å². The number of rotatable bonds is 6. The molecule has 0 aromatic heterocycles. The van der Waals surface area contributed by atoms with Gasteiger partial charge in [-0.25, -0.2) is 0 Å². The van der Waals surface area contributed by atoms with Crippen LogP contribution >= 0.6 is 0 Å². The molecule has 120 valence electrons. The minimum Gasteiger partial charge on any atom is -0.388 e. The van der Waals surface area contributed by atoms with E-state index in [1.54, 1.807) is 12.1 Å². The third kappa shape index (κ3) is 3.79. The fourth-order valence-electron chi connectivity index (χ4n) is 2.91. The summed E-state index contributed by atoms with van der Waals surface area (Å²) in [6.45, 7) is 0. The Labute approximate surface area is 142 Å². The molecule has 2 heteroatoms. The summed E-state index contributed by atoms with van der Waals surface area (Å²) in [6.07, 6.45) is -0.330. The Balaban J connectivity index is 1.93. The first-order chi connectivity index (χ1) is 11.8. The van der Waals surface area contributed by atoms with Crippen molar-refractivity contribution in [2.75, 3.05) is 0 Å². The molecule has 0 aliphatic carbocycles. The Hall–Kier alpha value is -2.71. The summed E-state index contributed by atoms with van der Waals surface area (Å²) < 4.78 is 0. The Morgan fingerprint density at radius 3 is 1.83 bits per heavy atom. The highest BCUT2D eigenvalue weighted by molar-refractivity contribution is 5.98. The molecule has 3 aromatic carbocycles. The van der Waals surface area contributed by atoms with Crippen LogP contribution in [0.4, 0.5) is 0 Å². The van der Waals surface area contributed by atoms with Crippen LogP contribution in [0.5, 0.6) is 0 Å². The van der Waals surface area contributed by atoms with Gasteiger partial charge in [0.2, 0.25) is 0 Å². The Morgan fingerprint density at radius 1 is 0.750 bits per heavy atom. The number of ketones is 1. The number of hydrogen-bond acceptors (Lipinski definition) is 2. The topological polar surface area (TPSA) is 37.3 Å². The summed E-state index contributed by atoms with van der Waals surface area (Å²) in [4.78, 5) is 13.0. The maximum absolute atomic E-state index is 13.0. The Kier molecular flexibility index (Phi) is 5.19. The molecule has 2 atom stereocenters. The number of benzene rings is 3. The smallest absolute Gasteiger partial charge is 0.169 e. The van der Waals surface area contributed by atoms with Gasteiger partial charge in [0, 0.05) is 5.56 Å². The molecule has 0 fully saturated rings. The summed E-state index contributed by atoms with van der Waals surface area (Å²) >= 11 is 0. The van der Waals surface area contributed by atoms with Crippen molar-refractivity contribution in [3.8, 4) is 0 Å². The second kappa shape index (κ2) is 7.71. The van der Waals surface area contributed by atoms with Crippen molar-refractivity contribution < 1.29 is 9.90 Å². The Morgan fingerprint density at radius 2 is 1.25 bits per heavy atom. The zero-order chi connectivity index (χ0) is 16.8. The number of carbonyl (C=O) groups is 1. The molecule has 0 heterocycles. The van der Waals surface area contributed by atoms with Gasteiger partial charge in [0.15, 0.2) is 5.78 Å². The van der Waals surface area contributed by atoms with Crippen molar-refractivity contribution in [2.24, 2.45) is 5.92 Å². The third-order valence-electron chi connectivity index (χ3n) is 4.22. The molecule has 0 unspecified atom stereocenters. The monoisotopic (exact) mass is 316 g/mol. The number of aliphatic hydroxyl groups is 1. The van der Waals surface area contributed by atoms with E-state index in [1.165, 1.54) is 0 Å². The predicted octanol–water partition coefficient (Wildman–Crippen LogP) is 4.46. The maximum Gasteiger partial charge on any atom is 0.169 e. The van der Waals surface area contributed by atoms with E-state index in [9.17, 15) is 9.90 Å². The van der Waals surface area contributed by atoms with Crippen LogP contribution in [0.2, 0.25) is 0 Å². The molecule has 0 saturated carbocycles. The summed E-state index contributed by atoms with van der Waals surface area (Å²) in [6, 6.07) is 28.4. The van der Waals surface area contributed by atoms with Gasteiger partial charge in [-0.15, -0.1) is 0 Å². The number of hydrogen-bond donors (Lipinski definition) is 1. The van der Waals surface area contributed by atoms with Crippen LogP contribution in [0, 0.1) is 5.92 Å². The summed E-state index contributed by atoms with van der Waals surface area (Å²) in [5.41, 5.74) is 2.44. The van der Waals surface area contributed by atoms with Crippen LogP contribution in [0.15, 0.2) is 91.0 Å². The van der Waals surface area contributed by atoms with E-state index < -0.39 is 12.0 Å². The first-order valence-corrected chi connectivity index (χ1v) is 8.12. The van der Waals surface area contributed by atoms with Gasteiger partial charge in [0.25, 0.3) is 0 Å². The lowest BCUT2D eigenvalue weighted by molar-refractivity contribution is 0.0676. The van der Waals surface area contributed by atoms with Gasteiger partial charge >= 0.3 is 0 Å². The van der Waals surface area contributed by atoms with Crippen LogP contribution in [0.25, 0.3) is 0 Å². The molecular formula is C22H20O2. The molecule has 0 spiro atoms. The normalized spacial score (nSPS) is 13.2. The van der Waals surface area contributed by atoms with Gasteiger partial charge in [-0.2, -0.15) is 0 Å². The van der Waals surface area contributed by atoms with E-state index in [1.807, 2.05) is 78.9 Å². The molecule has 0 amide bonds. The van der Waals surface area contributed by atoms with Gasteiger partial charge in [-0.05, 0) is 17.5 Å². The summed E-state index contributed by atoms with van der Waals surface area (Å²) in [7, 11) is 0. The lowest BCUT2D eigenvalue weighted by Gasteiger charge is -2.22. The SMILES string of the molecule is O=C(c1ccccc1)[C@@H](Cc1ccccc1)[C@@H](O)c1ccccc1. The van der Waals surface area contributed by atoms with E-state index in [4.69, 9.17) is 0 Å².